The normalized spacial score (nSPS) is 19.4. The number of anilines is 1. The van der Waals surface area contributed by atoms with Crippen LogP contribution >= 0.6 is 0 Å². The number of amides is 1. The number of Topliss-reactive ketones (excluding diaryl/α,β-unsaturated/α-hetero) is 1. The van der Waals surface area contributed by atoms with Crippen molar-refractivity contribution in [3.8, 4) is 0 Å². The lowest BCUT2D eigenvalue weighted by Gasteiger charge is -2.00. The van der Waals surface area contributed by atoms with Gasteiger partial charge in [-0.15, -0.1) is 0 Å². The average Bonchev–Trinajstić information content (AvgIpc) is 2.97. The van der Waals surface area contributed by atoms with Crippen molar-refractivity contribution in [3.63, 3.8) is 0 Å². The molecule has 3 heteroatoms. The molecule has 0 bridgehead atoms. The van der Waals surface area contributed by atoms with Crippen molar-refractivity contribution < 1.29 is 9.59 Å². The largest absolute Gasteiger partial charge is 0.318 e. The zero-order chi connectivity index (χ0) is 9.71. The lowest BCUT2D eigenvalue weighted by molar-refractivity contribution is -0.112. The Balaban J connectivity index is 2.10. The molecule has 1 fully saturated rings. The summed E-state index contributed by atoms with van der Waals surface area (Å²) in [5, 5.41) is 2.55. The molecular weight excluding hydrogens is 178 g/mol. The SMILES string of the molecule is O=C1Nc2ccc(C3CC3)cc2C1=O. The number of rotatable bonds is 1. The summed E-state index contributed by atoms with van der Waals surface area (Å²) in [4.78, 5) is 22.4. The van der Waals surface area contributed by atoms with Crippen LogP contribution in [0.3, 0.4) is 0 Å². The molecule has 0 unspecified atom stereocenters. The monoisotopic (exact) mass is 187 g/mol. The molecule has 1 saturated carbocycles. The highest BCUT2D eigenvalue weighted by Gasteiger charge is 2.30. The Morgan fingerprint density at radius 2 is 2.00 bits per heavy atom. The number of carbonyl (C=O) groups excluding carboxylic acids is 2. The Morgan fingerprint density at radius 3 is 2.71 bits per heavy atom. The topological polar surface area (TPSA) is 46.2 Å². The lowest BCUT2D eigenvalue weighted by Crippen LogP contribution is -2.12. The molecule has 0 saturated heterocycles. The number of hydrogen-bond donors (Lipinski definition) is 1. The van der Waals surface area contributed by atoms with Crippen molar-refractivity contribution in [1.82, 2.24) is 0 Å². The first-order valence-corrected chi connectivity index (χ1v) is 4.75. The fourth-order valence-electron chi connectivity index (χ4n) is 1.83. The molecule has 1 aromatic carbocycles. The molecule has 1 aliphatic carbocycles. The third kappa shape index (κ3) is 0.985. The summed E-state index contributed by atoms with van der Waals surface area (Å²) in [7, 11) is 0. The summed E-state index contributed by atoms with van der Waals surface area (Å²) in [6.07, 6.45) is 2.41. The van der Waals surface area contributed by atoms with Crippen LogP contribution in [0.2, 0.25) is 0 Å². The van der Waals surface area contributed by atoms with E-state index in [1.165, 1.54) is 18.4 Å². The van der Waals surface area contributed by atoms with E-state index in [0.717, 1.165) is 0 Å². The minimum Gasteiger partial charge on any atom is -0.318 e. The Kier molecular flexibility index (Phi) is 1.35. The third-order valence-corrected chi connectivity index (χ3v) is 2.79. The zero-order valence-corrected chi connectivity index (χ0v) is 7.54. The van der Waals surface area contributed by atoms with E-state index in [2.05, 4.69) is 5.32 Å². The van der Waals surface area contributed by atoms with Crippen LogP contribution in [0.15, 0.2) is 18.2 Å². The van der Waals surface area contributed by atoms with Crippen LogP contribution in [0.1, 0.15) is 34.7 Å². The van der Waals surface area contributed by atoms with Crippen LogP contribution in [0.25, 0.3) is 0 Å². The Hall–Kier alpha value is -1.64. The second kappa shape index (κ2) is 2.44. The molecule has 0 atom stereocenters. The molecule has 3 rings (SSSR count). The van der Waals surface area contributed by atoms with Crippen molar-refractivity contribution >= 4 is 17.4 Å². The fourth-order valence-corrected chi connectivity index (χ4v) is 1.83. The van der Waals surface area contributed by atoms with E-state index < -0.39 is 11.7 Å². The van der Waals surface area contributed by atoms with E-state index in [1.807, 2.05) is 18.2 Å². The van der Waals surface area contributed by atoms with Crippen molar-refractivity contribution in [1.29, 1.82) is 0 Å². The molecule has 1 N–H and O–H groups in total. The number of ketones is 1. The van der Waals surface area contributed by atoms with Gasteiger partial charge in [0.2, 0.25) is 0 Å². The second-order valence-electron chi connectivity index (χ2n) is 3.86. The van der Waals surface area contributed by atoms with Crippen LogP contribution in [0.4, 0.5) is 5.69 Å². The van der Waals surface area contributed by atoms with Crippen molar-refractivity contribution in [2.75, 3.05) is 5.32 Å². The summed E-state index contributed by atoms with van der Waals surface area (Å²) in [5.41, 5.74) is 2.39. The van der Waals surface area contributed by atoms with Gasteiger partial charge in [0.05, 0.1) is 11.3 Å². The van der Waals surface area contributed by atoms with Gasteiger partial charge in [-0.2, -0.15) is 0 Å². The van der Waals surface area contributed by atoms with Gasteiger partial charge in [-0.3, -0.25) is 9.59 Å². The molecule has 1 amide bonds. The molecule has 1 aromatic rings. The van der Waals surface area contributed by atoms with Crippen LogP contribution in [-0.2, 0) is 4.79 Å². The molecule has 70 valence electrons. The van der Waals surface area contributed by atoms with E-state index in [0.29, 0.717) is 17.2 Å². The number of benzene rings is 1. The van der Waals surface area contributed by atoms with Crippen molar-refractivity contribution in [3.05, 3.63) is 29.3 Å². The van der Waals surface area contributed by atoms with Gasteiger partial charge in [0, 0.05) is 0 Å². The molecular formula is C11H9NO2. The first-order valence-electron chi connectivity index (χ1n) is 4.75. The molecule has 1 aliphatic heterocycles. The summed E-state index contributed by atoms with van der Waals surface area (Å²) < 4.78 is 0. The van der Waals surface area contributed by atoms with E-state index in [9.17, 15) is 9.59 Å². The molecule has 2 aliphatic rings. The molecule has 3 nitrogen and oxygen atoms in total. The van der Waals surface area contributed by atoms with Gasteiger partial charge in [-0.1, -0.05) is 6.07 Å². The van der Waals surface area contributed by atoms with E-state index in [1.54, 1.807) is 0 Å². The lowest BCUT2D eigenvalue weighted by atomic mass is 10.0. The molecule has 0 aromatic heterocycles. The van der Waals surface area contributed by atoms with Crippen molar-refractivity contribution in [2.45, 2.75) is 18.8 Å². The molecule has 0 spiro atoms. The summed E-state index contributed by atoms with van der Waals surface area (Å²) >= 11 is 0. The first kappa shape index (κ1) is 7.74. The summed E-state index contributed by atoms with van der Waals surface area (Å²) in [6.45, 7) is 0. The van der Waals surface area contributed by atoms with Gasteiger partial charge < -0.3 is 5.32 Å². The summed E-state index contributed by atoms with van der Waals surface area (Å²) in [6, 6.07) is 5.68. The number of nitrogens with one attached hydrogen (secondary N) is 1. The van der Waals surface area contributed by atoms with Gasteiger partial charge in [0.25, 0.3) is 11.7 Å². The minimum absolute atomic E-state index is 0.400. The quantitative estimate of drug-likeness (QED) is 0.680. The van der Waals surface area contributed by atoms with E-state index >= 15 is 0 Å². The van der Waals surface area contributed by atoms with Crippen molar-refractivity contribution in [2.24, 2.45) is 0 Å². The Morgan fingerprint density at radius 1 is 1.21 bits per heavy atom. The first-order chi connectivity index (χ1) is 6.75. The van der Waals surface area contributed by atoms with Gasteiger partial charge in [0.15, 0.2) is 0 Å². The molecule has 14 heavy (non-hydrogen) atoms. The third-order valence-electron chi connectivity index (χ3n) is 2.79. The highest BCUT2D eigenvalue weighted by atomic mass is 16.2. The van der Waals surface area contributed by atoms with Crippen LogP contribution in [-0.4, -0.2) is 11.7 Å². The van der Waals surface area contributed by atoms with E-state index in [4.69, 9.17) is 0 Å². The standard InChI is InChI=1S/C11H9NO2/c13-10-8-5-7(6-1-2-6)3-4-9(8)12-11(10)14/h3-6H,1-2H2,(H,12,13,14). The summed E-state index contributed by atoms with van der Waals surface area (Å²) in [5.74, 6) is -0.292. The fraction of sp³-hybridized carbons (Fsp3) is 0.273. The maximum atomic E-state index is 11.4. The predicted molar refractivity (Wildman–Crippen MR) is 51.4 cm³/mol. The predicted octanol–water partition coefficient (Wildman–Crippen LogP) is 1.70. The zero-order valence-electron chi connectivity index (χ0n) is 7.54. The van der Waals surface area contributed by atoms with Gasteiger partial charge in [-0.05, 0) is 36.5 Å². The Bertz CT molecular complexity index is 447. The van der Waals surface area contributed by atoms with Gasteiger partial charge in [0.1, 0.15) is 0 Å². The number of carbonyl (C=O) groups is 2. The average molecular weight is 187 g/mol. The highest BCUT2D eigenvalue weighted by molar-refractivity contribution is 6.51. The van der Waals surface area contributed by atoms with Crippen LogP contribution < -0.4 is 5.32 Å². The van der Waals surface area contributed by atoms with E-state index in [-0.39, 0.29) is 0 Å². The Labute approximate surface area is 81.1 Å². The molecule has 0 radical (unpaired) electrons. The maximum absolute atomic E-state index is 11.4. The maximum Gasteiger partial charge on any atom is 0.296 e. The highest BCUT2D eigenvalue weighted by Crippen LogP contribution is 2.41. The number of fused-ring (bicyclic) bond motifs is 1. The second-order valence-corrected chi connectivity index (χ2v) is 3.86. The molecule has 1 heterocycles. The number of hydrogen-bond acceptors (Lipinski definition) is 2. The smallest absolute Gasteiger partial charge is 0.296 e. The minimum atomic E-state index is -0.507. The van der Waals surface area contributed by atoms with Gasteiger partial charge in [-0.25, -0.2) is 0 Å². The van der Waals surface area contributed by atoms with Crippen LogP contribution in [0.5, 0.6) is 0 Å². The van der Waals surface area contributed by atoms with Gasteiger partial charge >= 0.3 is 0 Å². The van der Waals surface area contributed by atoms with Crippen LogP contribution in [0, 0.1) is 0 Å².